The lowest BCUT2D eigenvalue weighted by atomic mass is 10.1. The van der Waals surface area contributed by atoms with Crippen molar-refractivity contribution in [3.8, 4) is 5.75 Å². The molecule has 2 aromatic rings. The van der Waals surface area contributed by atoms with Crippen molar-refractivity contribution < 1.29 is 21.9 Å². The summed E-state index contributed by atoms with van der Waals surface area (Å²) in [6.07, 6.45) is 3.26. The summed E-state index contributed by atoms with van der Waals surface area (Å²) in [5.74, 6) is 0.525. The van der Waals surface area contributed by atoms with Gasteiger partial charge in [-0.15, -0.1) is 11.3 Å². The Labute approximate surface area is 187 Å². The number of hydrogen-bond acceptors (Lipinski definition) is 7. The quantitative estimate of drug-likeness (QED) is 0.614. The molecule has 2 heterocycles. The van der Waals surface area contributed by atoms with Crippen LogP contribution in [-0.4, -0.2) is 75.6 Å². The van der Waals surface area contributed by atoms with Crippen LogP contribution < -0.4 is 4.90 Å². The first-order valence-electron chi connectivity index (χ1n) is 10.2. The number of phenolic OH excluding ortho intramolecular Hbond substituents is 1. The fourth-order valence-corrected chi connectivity index (χ4v) is 7.43. The van der Waals surface area contributed by atoms with Crippen molar-refractivity contribution in [1.82, 2.24) is 8.61 Å². The lowest BCUT2D eigenvalue weighted by Gasteiger charge is -2.43. The molecule has 4 rings (SSSR count). The van der Waals surface area contributed by atoms with Crippen molar-refractivity contribution in [1.29, 1.82) is 0 Å². The van der Waals surface area contributed by atoms with E-state index < -0.39 is 20.0 Å². The molecular formula is C20H27N3O5S3. The normalized spacial score (nSPS) is 21.0. The van der Waals surface area contributed by atoms with Crippen molar-refractivity contribution in [2.75, 3.05) is 43.9 Å². The molecule has 2 aliphatic rings. The Balaban J connectivity index is 1.62. The largest absolute Gasteiger partial charge is 0.508 e. The zero-order valence-electron chi connectivity index (χ0n) is 17.3. The van der Waals surface area contributed by atoms with Gasteiger partial charge in [-0.2, -0.15) is 8.61 Å². The number of anilines is 1. The fourth-order valence-electron chi connectivity index (χ4n) is 3.89. The van der Waals surface area contributed by atoms with E-state index in [-0.39, 0.29) is 24.9 Å². The van der Waals surface area contributed by atoms with Gasteiger partial charge in [0.25, 0.3) is 10.0 Å². The van der Waals surface area contributed by atoms with E-state index in [1.54, 1.807) is 41.8 Å². The average Bonchev–Trinajstić information content (AvgIpc) is 3.35. The van der Waals surface area contributed by atoms with E-state index in [1.807, 2.05) is 4.90 Å². The van der Waals surface area contributed by atoms with E-state index in [2.05, 4.69) is 0 Å². The fraction of sp³-hybridized carbons (Fsp3) is 0.500. The third-order valence-corrected chi connectivity index (χ3v) is 10.2. The molecule has 8 nitrogen and oxygen atoms in total. The number of aromatic hydroxyl groups is 1. The molecule has 1 saturated carbocycles. The summed E-state index contributed by atoms with van der Waals surface area (Å²) in [5.41, 5.74) is 0.829. The first kappa shape index (κ1) is 22.5. The zero-order valence-corrected chi connectivity index (χ0v) is 19.7. The Morgan fingerprint density at radius 2 is 1.77 bits per heavy atom. The van der Waals surface area contributed by atoms with Gasteiger partial charge in [-0.3, -0.25) is 0 Å². The van der Waals surface area contributed by atoms with Gasteiger partial charge in [-0.25, -0.2) is 16.8 Å². The Morgan fingerprint density at radius 3 is 2.35 bits per heavy atom. The van der Waals surface area contributed by atoms with Crippen LogP contribution in [0, 0.1) is 5.92 Å². The number of rotatable bonds is 8. The maximum Gasteiger partial charge on any atom is 0.252 e. The summed E-state index contributed by atoms with van der Waals surface area (Å²) in [6.45, 7) is 1.61. The minimum atomic E-state index is -3.63. The first-order valence-corrected chi connectivity index (χ1v) is 14.4. The van der Waals surface area contributed by atoms with Gasteiger partial charge < -0.3 is 10.0 Å². The summed E-state index contributed by atoms with van der Waals surface area (Å²) in [6, 6.07) is 9.68. The van der Waals surface area contributed by atoms with Crippen molar-refractivity contribution in [2.45, 2.75) is 23.1 Å². The molecule has 1 N–H and O–H groups in total. The highest BCUT2D eigenvalue weighted by Crippen LogP contribution is 2.32. The highest BCUT2D eigenvalue weighted by molar-refractivity contribution is 7.91. The monoisotopic (exact) mass is 485 g/mol. The molecule has 1 aliphatic carbocycles. The van der Waals surface area contributed by atoms with Crippen LogP contribution in [0.4, 0.5) is 5.69 Å². The lowest BCUT2D eigenvalue weighted by molar-refractivity contribution is 0.286. The molecule has 0 unspecified atom stereocenters. The maximum absolute atomic E-state index is 13.1. The van der Waals surface area contributed by atoms with Crippen molar-refractivity contribution in [3.63, 3.8) is 0 Å². The highest BCUT2D eigenvalue weighted by atomic mass is 32.2. The molecule has 1 saturated heterocycles. The Bertz CT molecular complexity index is 1100. The van der Waals surface area contributed by atoms with E-state index in [4.69, 9.17) is 0 Å². The Morgan fingerprint density at radius 1 is 1.06 bits per heavy atom. The highest BCUT2D eigenvalue weighted by Gasteiger charge is 2.38. The van der Waals surface area contributed by atoms with Gasteiger partial charge in [-0.1, -0.05) is 6.07 Å². The minimum absolute atomic E-state index is 0.144. The third kappa shape index (κ3) is 5.23. The van der Waals surface area contributed by atoms with Crippen LogP contribution in [-0.2, 0) is 20.0 Å². The SMILES string of the molecule is CS(=O)(=O)N(CC1CC1)C[C@H]1CN(S(=O)(=O)c2cccs2)CCN1c1ccc(O)cc1. The molecule has 31 heavy (non-hydrogen) atoms. The van der Waals surface area contributed by atoms with E-state index in [1.165, 1.54) is 26.2 Å². The van der Waals surface area contributed by atoms with E-state index in [0.717, 1.165) is 18.5 Å². The molecule has 0 amide bonds. The molecule has 170 valence electrons. The topological polar surface area (TPSA) is 98.2 Å². The molecule has 0 spiro atoms. The molecular weight excluding hydrogens is 458 g/mol. The number of phenols is 1. The molecule has 0 radical (unpaired) electrons. The van der Waals surface area contributed by atoms with Gasteiger partial charge in [0.2, 0.25) is 10.0 Å². The van der Waals surface area contributed by atoms with Crippen LogP contribution in [0.3, 0.4) is 0 Å². The maximum atomic E-state index is 13.1. The number of nitrogens with zero attached hydrogens (tertiary/aromatic N) is 3. The molecule has 1 aliphatic heterocycles. The summed E-state index contributed by atoms with van der Waals surface area (Å²) in [4.78, 5) is 2.05. The Hall–Kier alpha value is -1.66. The number of thiophene rings is 1. The predicted octanol–water partition coefficient (Wildman–Crippen LogP) is 2.00. The molecule has 1 aromatic carbocycles. The summed E-state index contributed by atoms with van der Waals surface area (Å²) < 4.78 is 54.4. The molecule has 1 aromatic heterocycles. The summed E-state index contributed by atoms with van der Waals surface area (Å²) >= 11 is 1.18. The van der Waals surface area contributed by atoms with Crippen LogP contribution in [0.25, 0.3) is 0 Å². The van der Waals surface area contributed by atoms with Crippen molar-refractivity contribution in [3.05, 3.63) is 41.8 Å². The van der Waals surface area contributed by atoms with Crippen LogP contribution >= 0.6 is 11.3 Å². The van der Waals surface area contributed by atoms with Crippen molar-refractivity contribution >= 4 is 37.1 Å². The third-order valence-electron chi connectivity index (χ3n) is 5.76. The van der Waals surface area contributed by atoms with E-state index in [0.29, 0.717) is 29.8 Å². The van der Waals surface area contributed by atoms with Gasteiger partial charge in [0, 0.05) is 38.4 Å². The number of hydrogen-bond donors (Lipinski definition) is 1. The molecule has 11 heteroatoms. The summed E-state index contributed by atoms with van der Waals surface area (Å²) in [7, 11) is -7.06. The first-order chi connectivity index (χ1) is 14.6. The number of benzene rings is 1. The van der Waals surface area contributed by atoms with Gasteiger partial charge in [-0.05, 0) is 54.5 Å². The van der Waals surface area contributed by atoms with Crippen LogP contribution in [0.5, 0.6) is 5.75 Å². The second-order valence-corrected chi connectivity index (χ2v) is 13.3. The van der Waals surface area contributed by atoms with Crippen molar-refractivity contribution in [2.24, 2.45) is 5.92 Å². The predicted molar refractivity (Wildman–Crippen MR) is 121 cm³/mol. The van der Waals surface area contributed by atoms with Crippen LogP contribution in [0.2, 0.25) is 0 Å². The molecule has 0 bridgehead atoms. The van der Waals surface area contributed by atoms with Gasteiger partial charge >= 0.3 is 0 Å². The van der Waals surface area contributed by atoms with Crippen LogP contribution in [0.1, 0.15) is 12.8 Å². The van der Waals surface area contributed by atoms with Crippen LogP contribution in [0.15, 0.2) is 46.0 Å². The second kappa shape index (κ2) is 8.70. The lowest BCUT2D eigenvalue weighted by Crippen LogP contribution is -2.59. The summed E-state index contributed by atoms with van der Waals surface area (Å²) in [5, 5.41) is 11.4. The van der Waals surface area contributed by atoms with Gasteiger partial charge in [0.05, 0.1) is 12.3 Å². The number of sulfonamides is 2. The van der Waals surface area contributed by atoms with E-state index in [9.17, 15) is 21.9 Å². The number of piperazine rings is 1. The standard InChI is InChI=1S/C20H27N3O5S3/c1-30(25,26)22(13-16-4-5-16)15-18-14-21(31(27,28)20-3-2-12-29-20)10-11-23(18)17-6-8-19(24)9-7-17/h2-3,6-9,12,16,18,24H,4-5,10-11,13-15H2,1H3/t18-/m1/s1. The zero-order chi connectivity index (χ0) is 22.2. The van der Waals surface area contributed by atoms with Gasteiger partial charge in [0.1, 0.15) is 9.96 Å². The smallest absolute Gasteiger partial charge is 0.252 e. The second-order valence-electron chi connectivity index (χ2n) is 8.18. The Kier molecular flexibility index (Phi) is 6.32. The van der Waals surface area contributed by atoms with E-state index >= 15 is 0 Å². The molecule has 2 fully saturated rings. The minimum Gasteiger partial charge on any atom is -0.508 e. The van der Waals surface area contributed by atoms with Gasteiger partial charge in [0.15, 0.2) is 0 Å². The molecule has 1 atom stereocenters. The average molecular weight is 486 g/mol.